The van der Waals surface area contributed by atoms with Crippen molar-refractivity contribution in [2.75, 3.05) is 18.6 Å². The van der Waals surface area contributed by atoms with E-state index in [2.05, 4.69) is 16.0 Å². The van der Waals surface area contributed by atoms with Crippen LogP contribution in [-0.4, -0.2) is 88.6 Å². The molecule has 0 aliphatic rings. The first-order chi connectivity index (χ1) is 15.9. The number of aliphatic carboxylic acids is 1. The van der Waals surface area contributed by atoms with E-state index in [1.807, 2.05) is 6.26 Å². The number of primary amides is 1. The molecule has 14 heteroatoms. The standard InChI is InChI=1S/C20H38N6O7S/c1-11(27)16(20(32)33)26-19(31)13(5-3-4-9-21)25-18(30)14(8-10-34-2)24-17(29)12(22)6-7-15(23)28/h11-14,16,27H,3-10,21-22H2,1-2H3,(H2,23,28)(H,24,29)(H,25,30)(H,26,31)(H,32,33). The molecule has 196 valence electrons. The van der Waals surface area contributed by atoms with Crippen LogP contribution in [-0.2, 0) is 24.0 Å². The molecule has 4 amide bonds. The molecule has 0 spiro atoms. The second kappa shape index (κ2) is 17.1. The molecule has 0 aromatic rings. The van der Waals surface area contributed by atoms with Gasteiger partial charge in [0.25, 0.3) is 0 Å². The summed E-state index contributed by atoms with van der Waals surface area (Å²) in [4.78, 5) is 60.3. The largest absolute Gasteiger partial charge is 0.480 e. The van der Waals surface area contributed by atoms with Crippen molar-refractivity contribution in [2.24, 2.45) is 17.2 Å². The van der Waals surface area contributed by atoms with Crippen molar-refractivity contribution in [3.63, 3.8) is 0 Å². The van der Waals surface area contributed by atoms with Gasteiger partial charge in [0.2, 0.25) is 23.6 Å². The van der Waals surface area contributed by atoms with Crippen LogP contribution < -0.4 is 33.2 Å². The van der Waals surface area contributed by atoms with Crippen LogP contribution in [0.4, 0.5) is 0 Å². The minimum atomic E-state index is -1.56. The molecule has 11 N–H and O–H groups in total. The first kappa shape index (κ1) is 31.6. The number of hydrogen-bond donors (Lipinski definition) is 8. The molecule has 34 heavy (non-hydrogen) atoms. The van der Waals surface area contributed by atoms with Crippen molar-refractivity contribution in [3.8, 4) is 0 Å². The summed E-state index contributed by atoms with van der Waals surface area (Å²) in [5.74, 6) is -3.60. The smallest absolute Gasteiger partial charge is 0.328 e. The van der Waals surface area contributed by atoms with Crippen LogP contribution in [0.1, 0.15) is 45.4 Å². The number of carbonyl (C=O) groups is 5. The predicted octanol–water partition coefficient (Wildman–Crippen LogP) is -2.62. The maximum Gasteiger partial charge on any atom is 0.328 e. The van der Waals surface area contributed by atoms with Crippen LogP contribution in [0.15, 0.2) is 0 Å². The Labute approximate surface area is 203 Å². The molecular formula is C20H38N6O7S. The number of amides is 4. The Morgan fingerprint density at radius 1 is 0.912 bits per heavy atom. The van der Waals surface area contributed by atoms with Gasteiger partial charge in [0.1, 0.15) is 12.1 Å². The van der Waals surface area contributed by atoms with Gasteiger partial charge in [0.15, 0.2) is 6.04 Å². The van der Waals surface area contributed by atoms with E-state index in [1.165, 1.54) is 18.7 Å². The zero-order valence-electron chi connectivity index (χ0n) is 19.6. The van der Waals surface area contributed by atoms with Crippen LogP contribution in [0.3, 0.4) is 0 Å². The molecule has 0 heterocycles. The normalized spacial score (nSPS) is 15.3. The Bertz CT molecular complexity index is 694. The zero-order chi connectivity index (χ0) is 26.3. The lowest BCUT2D eigenvalue weighted by molar-refractivity contribution is -0.145. The van der Waals surface area contributed by atoms with Crippen molar-refractivity contribution < 1.29 is 34.2 Å². The highest BCUT2D eigenvalue weighted by atomic mass is 32.2. The molecule has 0 saturated heterocycles. The highest BCUT2D eigenvalue weighted by molar-refractivity contribution is 7.98. The molecule has 0 aromatic heterocycles. The number of carboxylic acids is 1. The summed E-state index contributed by atoms with van der Waals surface area (Å²) < 4.78 is 0. The van der Waals surface area contributed by atoms with Crippen LogP contribution in [0.25, 0.3) is 0 Å². The number of aliphatic hydroxyl groups is 1. The van der Waals surface area contributed by atoms with Crippen molar-refractivity contribution in [3.05, 3.63) is 0 Å². The highest BCUT2D eigenvalue weighted by Gasteiger charge is 2.31. The zero-order valence-corrected chi connectivity index (χ0v) is 20.4. The Balaban J connectivity index is 5.43. The average Bonchev–Trinajstić information content (AvgIpc) is 2.76. The lowest BCUT2D eigenvalue weighted by Crippen LogP contribution is -2.58. The Morgan fingerprint density at radius 3 is 1.97 bits per heavy atom. The number of rotatable bonds is 18. The van der Waals surface area contributed by atoms with Crippen molar-refractivity contribution >= 4 is 41.4 Å². The number of thioether (sulfide) groups is 1. The van der Waals surface area contributed by atoms with Gasteiger partial charge in [-0.05, 0) is 57.6 Å². The molecule has 5 unspecified atom stereocenters. The summed E-state index contributed by atoms with van der Waals surface area (Å²) in [7, 11) is 0. The third-order valence-corrected chi connectivity index (χ3v) is 5.55. The van der Waals surface area contributed by atoms with E-state index in [1.54, 1.807) is 0 Å². The topological polar surface area (TPSA) is 240 Å². The maximum atomic E-state index is 13.0. The number of nitrogens with two attached hydrogens (primary N) is 3. The number of hydrogen-bond acceptors (Lipinski definition) is 9. The first-order valence-corrected chi connectivity index (χ1v) is 12.4. The number of aliphatic hydroxyl groups excluding tert-OH is 1. The van der Waals surface area contributed by atoms with Gasteiger partial charge in [-0.3, -0.25) is 19.2 Å². The van der Waals surface area contributed by atoms with Gasteiger partial charge in [0, 0.05) is 6.42 Å². The van der Waals surface area contributed by atoms with E-state index in [0.717, 1.165) is 0 Å². The molecule has 0 aliphatic carbocycles. The Morgan fingerprint density at radius 2 is 1.47 bits per heavy atom. The molecule has 0 aromatic carbocycles. The van der Waals surface area contributed by atoms with E-state index in [0.29, 0.717) is 25.1 Å². The molecule has 0 bridgehead atoms. The number of carbonyl (C=O) groups excluding carboxylic acids is 4. The van der Waals surface area contributed by atoms with Crippen LogP contribution in [0.5, 0.6) is 0 Å². The molecule has 0 saturated carbocycles. The van der Waals surface area contributed by atoms with Gasteiger partial charge in [0.05, 0.1) is 12.1 Å². The minimum Gasteiger partial charge on any atom is -0.480 e. The third-order valence-electron chi connectivity index (χ3n) is 4.91. The lowest BCUT2D eigenvalue weighted by atomic mass is 10.1. The van der Waals surface area contributed by atoms with Crippen LogP contribution in [0.2, 0.25) is 0 Å². The third kappa shape index (κ3) is 12.7. The van der Waals surface area contributed by atoms with Gasteiger partial charge >= 0.3 is 5.97 Å². The Hall–Kier alpha value is -2.42. The fraction of sp³-hybridized carbons (Fsp3) is 0.750. The summed E-state index contributed by atoms with van der Waals surface area (Å²) in [5.41, 5.74) is 16.3. The molecule has 13 nitrogen and oxygen atoms in total. The predicted molar refractivity (Wildman–Crippen MR) is 127 cm³/mol. The first-order valence-electron chi connectivity index (χ1n) is 11.0. The van der Waals surface area contributed by atoms with E-state index in [4.69, 9.17) is 17.2 Å². The van der Waals surface area contributed by atoms with Crippen molar-refractivity contribution in [1.82, 2.24) is 16.0 Å². The maximum absolute atomic E-state index is 13.0. The number of nitrogens with one attached hydrogen (secondary N) is 3. The van der Waals surface area contributed by atoms with Gasteiger partial charge < -0.3 is 43.4 Å². The lowest BCUT2D eigenvalue weighted by Gasteiger charge is -2.25. The van der Waals surface area contributed by atoms with Crippen molar-refractivity contribution in [1.29, 1.82) is 0 Å². The minimum absolute atomic E-state index is 0.0120. The fourth-order valence-corrected chi connectivity index (χ4v) is 3.36. The van der Waals surface area contributed by atoms with E-state index >= 15 is 0 Å². The highest BCUT2D eigenvalue weighted by Crippen LogP contribution is 2.07. The van der Waals surface area contributed by atoms with Gasteiger partial charge in [-0.15, -0.1) is 0 Å². The molecule has 0 radical (unpaired) electrons. The van der Waals surface area contributed by atoms with E-state index < -0.39 is 59.9 Å². The monoisotopic (exact) mass is 506 g/mol. The number of carboxylic acid groups (broad SMARTS) is 1. The SMILES string of the molecule is CSCCC(NC(=O)C(N)CCC(N)=O)C(=O)NC(CCCCN)C(=O)NC(C(=O)O)C(C)O. The molecule has 0 fully saturated rings. The fourth-order valence-electron chi connectivity index (χ4n) is 2.89. The van der Waals surface area contributed by atoms with E-state index in [9.17, 15) is 34.2 Å². The van der Waals surface area contributed by atoms with Gasteiger partial charge in [-0.25, -0.2) is 4.79 Å². The molecule has 0 rings (SSSR count). The second-order valence-corrected chi connectivity index (χ2v) is 8.85. The molecule has 0 aliphatic heterocycles. The summed E-state index contributed by atoms with van der Waals surface area (Å²) in [6, 6.07) is -4.74. The van der Waals surface area contributed by atoms with Crippen LogP contribution in [0, 0.1) is 0 Å². The average molecular weight is 507 g/mol. The second-order valence-electron chi connectivity index (χ2n) is 7.86. The Kier molecular flexibility index (Phi) is 15.9. The summed E-state index contributed by atoms with van der Waals surface area (Å²) in [6.45, 7) is 1.58. The number of unbranched alkanes of at least 4 members (excludes halogenated alkanes) is 1. The van der Waals surface area contributed by atoms with Crippen molar-refractivity contribution in [2.45, 2.75) is 75.7 Å². The van der Waals surface area contributed by atoms with Crippen LogP contribution >= 0.6 is 11.8 Å². The van der Waals surface area contributed by atoms with E-state index in [-0.39, 0.29) is 25.7 Å². The molecule has 5 atom stereocenters. The summed E-state index contributed by atoms with van der Waals surface area (Å²) in [6.07, 6.45) is 1.83. The quantitative estimate of drug-likeness (QED) is 0.0900. The summed E-state index contributed by atoms with van der Waals surface area (Å²) in [5, 5.41) is 26.2. The molecular weight excluding hydrogens is 468 g/mol. The van der Waals surface area contributed by atoms with Gasteiger partial charge in [-0.2, -0.15) is 11.8 Å². The van der Waals surface area contributed by atoms with Gasteiger partial charge in [-0.1, -0.05) is 0 Å². The summed E-state index contributed by atoms with van der Waals surface area (Å²) >= 11 is 1.44.